The minimum absolute atomic E-state index is 0.00311. The fourth-order valence-corrected chi connectivity index (χ4v) is 20.7. The van der Waals surface area contributed by atoms with Crippen molar-refractivity contribution in [2.45, 2.75) is 334 Å². The minimum atomic E-state index is -2.09. The Kier molecular flexibility index (Phi) is 25.5. The second kappa shape index (κ2) is 32.4. The van der Waals surface area contributed by atoms with Gasteiger partial charge in [-0.1, -0.05) is 60.1 Å². The molecule has 12 aliphatic rings. The number of aliphatic hydroxyl groups is 22. The van der Waals surface area contributed by atoms with Crippen LogP contribution in [0.3, 0.4) is 0 Å². The molecule has 4 saturated carbocycles. The zero-order valence-electron chi connectivity index (χ0n) is 61.7. The van der Waals surface area contributed by atoms with E-state index in [1.165, 1.54) is 6.92 Å². The first-order valence-electron chi connectivity index (χ1n) is 37.7. The van der Waals surface area contributed by atoms with Gasteiger partial charge in [0.25, 0.3) is 0 Å². The molecular weight excluding hydrogens is 1440 g/mol. The molecule has 7 aliphatic heterocycles. The third kappa shape index (κ3) is 14.7. The van der Waals surface area contributed by atoms with Crippen molar-refractivity contribution in [1.29, 1.82) is 0 Å². The summed E-state index contributed by atoms with van der Waals surface area (Å²) in [5, 5.41) is 242. The molecule has 0 aromatic carbocycles. The lowest BCUT2D eigenvalue weighted by atomic mass is 9.33. The van der Waals surface area contributed by atoms with Crippen molar-refractivity contribution in [3.63, 3.8) is 0 Å². The van der Waals surface area contributed by atoms with E-state index < -0.39 is 294 Å². The summed E-state index contributed by atoms with van der Waals surface area (Å²) < 4.78 is 82.1. The van der Waals surface area contributed by atoms with E-state index in [2.05, 4.69) is 54.5 Å². The molecule has 7 heterocycles. The Morgan fingerprint density at radius 3 is 1.51 bits per heavy atom. The van der Waals surface area contributed by atoms with Gasteiger partial charge >= 0.3 is 5.97 Å². The van der Waals surface area contributed by atoms with Crippen molar-refractivity contribution in [3.05, 3.63) is 11.6 Å². The summed E-state index contributed by atoms with van der Waals surface area (Å²) in [7, 11) is 0. The van der Waals surface area contributed by atoms with E-state index in [-0.39, 0.29) is 35.5 Å². The number of carbonyl (C=O) groups is 1. The molecule has 0 aromatic heterocycles. The number of fused-ring (bicyclic) bond motifs is 7. The normalized spacial score (nSPS) is 54.5. The highest BCUT2D eigenvalue weighted by Crippen LogP contribution is 2.76. The Morgan fingerprint density at radius 1 is 0.444 bits per heavy atom. The highest BCUT2D eigenvalue weighted by atomic mass is 16.8. The fraction of sp³-hybridized carbons (Fsp3) is 0.958. The van der Waals surface area contributed by atoms with Gasteiger partial charge in [-0.05, 0) is 110 Å². The number of rotatable bonds is 19. The first-order chi connectivity index (χ1) is 50.7. The van der Waals surface area contributed by atoms with E-state index in [4.69, 9.17) is 66.3 Å². The molecule has 5 aliphatic carbocycles. The first kappa shape index (κ1) is 85.2. The summed E-state index contributed by atoms with van der Waals surface area (Å²) in [6.07, 6.45) is -55.2. The molecule has 11 fully saturated rings. The van der Waals surface area contributed by atoms with Gasteiger partial charge in [0.05, 0.1) is 58.0 Å². The minimum Gasteiger partial charge on any atom is -0.432 e. The number of allylic oxidation sites excluding steroid dienone is 2. The van der Waals surface area contributed by atoms with E-state index in [0.717, 1.165) is 5.57 Å². The van der Waals surface area contributed by atoms with Crippen molar-refractivity contribution in [3.8, 4) is 0 Å². The number of hydrogen-bond donors (Lipinski definition) is 22. The van der Waals surface area contributed by atoms with Crippen molar-refractivity contribution in [1.82, 2.24) is 0 Å². The molecule has 0 amide bonds. The van der Waals surface area contributed by atoms with Gasteiger partial charge in [0.1, 0.15) is 164 Å². The first-order valence-corrected chi connectivity index (χ1v) is 37.7. The Morgan fingerprint density at radius 2 is 0.926 bits per heavy atom. The third-order valence-corrected chi connectivity index (χ3v) is 27.3. The third-order valence-electron chi connectivity index (χ3n) is 27.3. The highest BCUT2D eigenvalue weighted by Gasteiger charge is 2.73. The van der Waals surface area contributed by atoms with Gasteiger partial charge < -0.3 is 179 Å². The summed E-state index contributed by atoms with van der Waals surface area (Å²) in [6.45, 7) is 11.8. The van der Waals surface area contributed by atoms with Crippen molar-refractivity contribution >= 4 is 5.97 Å². The van der Waals surface area contributed by atoms with Crippen LogP contribution in [0.25, 0.3) is 0 Å². The molecule has 0 spiro atoms. The number of aliphatic hydroxyl groups excluding tert-OH is 22. The largest absolute Gasteiger partial charge is 0.432 e. The molecule has 43 atom stereocenters. The monoisotopic (exact) mass is 1560 g/mol. The molecule has 622 valence electrons. The van der Waals surface area contributed by atoms with Gasteiger partial charge in [-0.2, -0.15) is 0 Å². The van der Waals surface area contributed by atoms with Crippen molar-refractivity contribution in [2.75, 3.05) is 39.6 Å². The van der Waals surface area contributed by atoms with Gasteiger partial charge in [0, 0.05) is 0 Å². The maximum absolute atomic E-state index is 15.5. The summed E-state index contributed by atoms with van der Waals surface area (Å²) in [5.41, 5.74) is -3.11. The summed E-state index contributed by atoms with van der Waals surface area (Å²) >= 11 is 0. The number of ether oxygens (including phenoxy) is 14. The average molecular weight is 1560 g/mol. The average Bonchev–Trinajstić information content (AvgIpc) is 0.670. The van der Waals surface area contributed by atoms with E-state index >= 15 is 4.79 Å². The second-order valence-electron chi connectivity index (χ2n) is 34.4. The van der Waals surface area contributed by atoms with E-state index in [0.29, 0.717) is 44.9 Å². The number of hydrogen-bond acceptors (Lipinski definition) is 37. The molecule has 108 heavy (non-hydrogen) atoms. The Balaban J connectivity index is 0.698. The van der Waals surface area contributed by atoms with Gasteiger partial charge in [0.15, 0.2) is 37.7 Å². The van der Waals surface area contributed by atoms with Crippen LogP contribution in [0.15, 0.2) is 11.6 Å². The van der Waals surface area contributed by atoms with Crippen LogP contribution in [-0.2, 0) is 71.1 Å². The van der Waals surface area contributed by atoms with Crippen LogP contribution < -0.4 is 0 Å². The van der Waals surface area contributed by atoms with Crippen LogP contribution in [0.1, 0.15) is 113 Å². The van der Waals surface area contributed by atoms with Crippen LogP contribution >= 0.6 is 0 Å². The van der Waals surface area contributed by atoms with Gasteiger partial charge in [0.2, 0.25) is 6.29 Å². The molecule has 37 heteroatoms. The van der Waals surface area contributed by atoms with Gasteiger partial charge in [-0.25, -0.2) is 0 Å². The standard InChI is InChI=1S/C71H116O37/c1-25-38(78)42(82)47(87)60(97-25)105-55-31(21-74)101-63(51(91)46(55)86)107-57-41(81)30(20-73)98-58(53(57)93)96-24-33-40(80)44(84)49(89)64(102-33)108-65(94)71-16-15-66(2,3)17-27(71)26-9-10-35-68(6)13-12-37(67(4,5)34(68)11-14-69(35,7)70(26,8)18-36(71)77)103-59-52(92)54(28(76)23-95-59)104-62-50(90)45(85)56(32(22-75)100-62)106-61-48(88)43(83)39(79)29(19-72)99-61/h9,25,27-64,72-93H,10-24H2,1-8H3/t25-,27-,28-,29+,30+,31+,32+,33+,34-,35+,36+,37-,38-,39+,40+,41+,42+,43-,44-,45+,46+,47+,48+,49+,50+,51+,52+,53+,54-,55+,56+,57-,58+,59+,60-,61-,62-,63-,64-,68-,69+,70+,71+/m0/s1. The summed E-state index contributed by atoms with van der Waals surface area (Å²) in [5.74, 6) is -1.51. The van der Waals surface area contributed by atoms with Crippen LogP contribution in [-0.4, -0.2) is 379 Å². The quantitative estimate of drug-likeness (QED) is 0.0324. The lowest BCUT2D eigenvalue weighted by molar-refractivity contribution is -0.380. The van der Waals surface area contributed by atoms with Crippen LogP contribution in [0.2, 0.25) is 0 Å². The lowest BCUT2D eigenvalue weighted by Crippen LogP contribution is -2.68. The van der Waals surface area contributed by atoms with Gasteiger partial charge in [-0.3, -0.25) is 4.79 Å². The van der Waals surface area contributed by atoms with E-state index in [1.807, 2.05) is 0 Å². The second-order valence-corrected chi connectivity index (χ2v) is 34.4. The topological polar surface area (TPSA) is 591 Å². The van der Waals surface area contributed by atoms with Gasteiger partial charge in [-0.15, -0.1) is 0 Å². The predicted molar refractivity (Wildman–Crippen MR) is 355 cm³/mol. The molecule has 37 nitrogen and oxygen atoms in total. The Hall–Kier alpha value is -2.19. The van der Waals surface area contributed by atoms with Crippen LogP contribution in [0, 0.1) is 50.2 Å². The predicted octanol–water partition coefficient (Wildman–Crippen LogP) is -7.93. The Labute approximate surface area is 623 Å². The lowest BCUT2D eigenvalue weighted by Gasteiger charge is -2.71. The zero-order chi connectivity index (χ0) is 78.9. The van der Waals surface area contributed by atoms with Crippen LogP contribution in [0.4, 0.5) is 0 Å². The zero-order valence-corrected chi connectivity index (χ0v) is 61.7. The summed E-state index contributed by atoms with van der Waals surface area (Å²) in [4.78, 5) is 15.5. The van der Waals surface area contributed by atoms with E-state index in [9.17, 15) is 112 Å². The maximum Gasteiger partial charge on any atom is 0.317 e. The van der Waals surface area contributed by atoms with Crippen molar-refractivity contribution in [2.24, 2.45) is 50.2 Å². The fourth-order valence-electron chi connectivity index (χ4n) is 20.7. The van der Waals surface area contributed by atoms with Crippen LogP contribution in [0.5, 0.6) is 0 Å². The van der Waals surface area contributed by atoms with Crippen molar-refractivity contribution < 1.29 is 183 Å². The molecule has 12 rings (SSSR count). The number of esters is 1. The maximum atomic E-state index is 15.5. The SMILES string of the molecule is C[C@@H]1O[C@@H](O[C@H]2[C@H](O)[C@@H](O)[C@H](O[C@@H]3[C@@H](O)[C@H](OC[C@H]4O[C@@H](OC(=O)[C@]56CCC(C)(C)C[C@H]5C5=CC[C@@H]7[C@@]8(C)CC[C@H](O[C@H]9OC[C@H](O)[C@H](O[C@@H]%10O[C@H](CO)[C@@H](O[C@@H]%11O[C@H](CO)[C@@H](O)[C@H](O)[C@H]%11O)[C@H](O)[C@H]%10O)[C@H]9O)C(C)(C)[C@@H]8CC[C@@]7(C)[C@]5(C)C[C@H]6O)[C@H](O)[C@@H](O)[C@@H]4O)O[C@H](CO)[C@H]3O)O[C@@H]2CO)[C@H](O)[C@H](O)[C@H]1O. The molecule has 0 radical (unpaired) electrons. The highest BCUT2D eigenvalue weighted by molar-refractivity contribution is 5.80. The molecule has 22 N–H and O–H groups in total. The Bertz CT molecular complexity index is 3060. The molecule has 0 unspecified atom stereocenters. The molecule has 0 aromatic rings. The smallest absolute Gasteiger partial charge is 0.317 e. The molecule has 7 saturated heterocycles. The number of carbonyl (C=O) groups excluding carboxylic acids is 1. The van der Waals surface area contributed by atoms with E-state index in [1.54, 1.807) is 0 Å². The molecule has 0 bridgehead atoms. The molecular formula is C71H116O37. The summed E-state index contributed by atoms with van der Waals surface area (Å²) in [6, 6.07) is 0.